The number of rotatable bonds is 4. The van der Waals surface area contributed by atoms with Crippen LogP contribution in [0.25, 0.3) is 16.8 Å². The summed E-state index contributed by atoms with van der Waals surface area (Å²) in [6.45, 7) is 6.84. The number of aromatic nitrogens is 2. The Labute approximate surface area is 162 Å². The minimum absolute atomic E-state index is 0.225. The predicted molar refractivity (Wildman–Crippen MR) is 108 cm³/mol. The van der Waals surface area contributed by atoms with E-state index in [0.717, 1.165) is 50.8 Å². The molecule has 26 heavy (non-hydrogen) atoms. The molecule has 4 rings (SSSR count). The molecule has 0 atom stereocenters. The van der Waals surface area contributed by atoms with Crippen molar-refractivity contribution in [2.24, 2.45) is 0 Å². The Balaban J connectivity index is 1.97. The first-order valence-electron chi connectivity index (χ1n) is 8.89. The zero-order chi connectivity index (χ0) is 18.3. The average Bonchev–Trinajstić information content (AvgIpc) is 2.97. The van der Waals surface area contributed by atoms with Gasteiger partial charge in [-0.05, 0) is 32.4 Å². The fraction of sp³-hybridized carbons (Fsp3) is 0.400. The molecule has 0 saturated carbocycles. The van der Waals surface area contributed by atoms with Crippen LogP contribution in [-0.4, -0.2) is 20.9 Å². The molecule has 1 aliphatic heterocycles. The van der Waals surface area contributed by atoms with Crippen LogP contribution in [-0.2, 0) is 17.8 Å². The second kappa shape index (κ2) is 6.83. The van der Waals surface area contributed by atoms with Gasteiger partial charge in [0.05, 0.1) is 17.6 Å². The van der Waals surface area contributed by atoms with Crippen LogP contribution in [0.5, 0.6) is 0 Å². The highest BCUT2D eigenvalue weighted by Crippen LogP contribution is 2.37. The normalized spacial score (nSPS) is 16.0. The fourth-order valence-electron chi connectivity index (χ4n) is 3.23. The molecule has 0 bridgehead atoms. The van der Waals surface area contributed by atoms with Crippen LogP contribution in [0, 0.1) is 4.64 Å². The third kappa shape index (κ3) is 3.10. The zero-order valence-corrected chi connectivity index (χ0v) is 16.9. The van der Waals surface area contributed by atoms with Gasteiger partial charge in [0, 0.05) is 23.4 Å². The first-order valence-corrected chi connectivity index (χ1v) is 10.3. The van der Waals surface area contributed by atoms with Crippen LogP contribution in [0.3, 0.4) is 0 Å². The number of ether oxygens (including phenoxy) is 1. The summed E-state index contributed by atoms with van der Waals surface area (Å²) in [5.41, 5.74) is 2.48. The fourth-order valence-corrected chi connectivity index (χ4v) is 4.55. The maximum absolute atomic E-state index is 6.13. The maximum atomic E-state index is 6.13. The summed E-state index contributed by atoms with van der Waals surface area (Å²) in [5, 5.41) is 1.79. The van der Waals surface area contributed by atoms with Crippen LogP contribution in [0.15, 0.2) is 39.9 Å². The summed E-state index contributed by atoms with van der Waals surface area (Å²) < 4.78 is 14.9. The van der Waals surface area contributed by atoms with Crippen molar-refractivity contribution in [2.75, 3.05) is 5.75 Å². The molecule has 1 aromatic carbocycles. The Hall–Kier alpha value is -1.63. The molecule has 0 aliphatic carbocycles. The third-order valence-corrected chi connectivity index (χ3v) is 6.05. The third-order valence-electron chi connectivity index (χ3n) is 4.52. The minimum atomic E-state index is -0.225. The van der Waals surface area contributed by atoms with Gasteiger partial charge in [0.2, 0.25) is 5.71 Å². The van der Waals surface area contributed by atoms with Gasteiger partial charge in [0.1, 0.15) is 10.4 Å². The number of furan rings is 1. The van der Waals surface area contributed by atoms with Gasteiger partial charge < -0.3 is 9.15 Å². The van der Waals surface area contributed by atoms with Gasteiger partial charge in [-0.25, -0.2) is 0 Å². The quantitative estimate of drug-likeness (QED) is 0.327. The molecule has 0 fully saturated rings. The second-order valence-corrected chi connectivity index (χ2v) is 8.58. The van der Waals surface area contributed by atoms with Gasteiger partial charge in [-0.2, -0.15) is 4.98 Å². The molecule has 6 heteroatoms. The highest BCUT2D eigenvalue weighted by Gasteiger charge is 2.32. The Morgan fingerprint density at radius 3 is 2.77 bits per heavy atom. The van der Waals surface area contributed by atoms with Gasteiger partial charge in [0.15, 0.2) is 5.16 Å². The van der Waals surface area contributed by atoms with Gasteiger partial charge >= 0.3 is 0 Å². The number of fused-ring (bicyclic) bond motifs is 3. The summed E-state index contributed by atoms with van der Waals surface area (Å²) >= 11 is 7.61. The maximum Gasteiger partial charge on any atom is 0.232 e. The van der Waals surface area contributed by atoms with E-state index in [9.17, 15) is 0 Å². The minimum Gasteiger partial charge on any atom is -0.442 e. The van der Waals surface area contributed by atoms with Crippen molar-refractivity contribution in [2.45, 2.75) is 51.0 Å². The Bertz CT molecular complexity index is 1010. The molecule has 0 amide bonds. The lowest BCUT2D eigenvalue weighted by atomic mass is 9.97. The average molecular weight is 387 g/mol. The van der Waals surface area contributed by atoms with E-state index >= 15 is 0 Å². The molecule has 0 N–H and O–H groups in total. The summed E-state index contributed by atoms with van der Waals surface area (Å²) in [4.78, 5) is 4.84. The Kier molecular flexibility index (Phi) is 4.67. The SMILES string of the molecule is CCCSc1nc2oc3c(c2c(=S)n1-c1ccccc1)COC(C)(C)C3. The van der Waals surface area contributed by atoms with Crippen LogP contribution >= 0.6 is 24.0 Å². The monoisotopic (exact) mass is 386 g/mol. The summed E-state index contributed by atoms with van der Waals surface area (Å²) in [6.07, 6.45) is 1.80. The molecule has 0 saturated heterocycles. The molecule has 2 aromatic heterocycles. The lowest BCUT2D eigenvalue weighted by molar-refractivity contribution is -0.0441. The van der Waals surface area contributed by atoms with Crippen molar-refractivity contribution in [3.05, 3.63) is 46.3 Å². The van der Waals surface area contributed by atoms with Crippen molar-refractivity contribution in [3.8, 4) is 5.69 Å². The number of nitrogens with zero attached hydrogens (tertiary/aromatic N) is 2. The topological polar surface area (TPSA) is 40.2 Å². The summed E-state index contributed by atoms with van der Waals surface area (Å²) in [5.74, 6) is 1.93. The highest BCUT2D eigenvalue weighted by atomic mass is 32.2. The van der Waals surface area contributed by atoms with Gasteiger partial charge in [-0.1, -0.05) is 49.1 Å². The predicted octanol–water partition coefficient (Wildman–Crippen LogP) is 5.70. The zero-order valence-electron chi connectivity index (χ0n) is 15.2. The van der Waals surface area contributed by atoms with Crippen molar-refractivity contribution < 1.29 is 9.15 Å². The molecule has 1 aliphatic rings. The van der Waals surface area contributed by atoms with Crippen LogP contribution < -0.4 is 0 Å². The number of hydrogen-bond donors (Lipinski definition) is 0. The van der Waals surface area contributed by atoms with Gasteiger partial charge in [0.25, 0.3) is 0 Å². The first kappa shape index (κ1) is 17.8. The molecule has 136 valence electrons. The Morgan fingerprint density at radius 2 is 2.04 bits per heavy atom. The van der Waals surface area contributed by atoms with E-state index in [0.29, 0.717) is 12.3 Å². The van der Waals surface area contributed by atoms with E-state index in [1.165, 1.54) is 0 Å². The van der Waals surface area contributed by atoms with E-state index in [-0.39, 0.29) is 5.60 Å². The van der Waals surface area contributed by atoms with Crippen molar-refractivity contribution in [1.82, 2.24) is 9.55 Å². The summed E-state index contributed by atoms with van der Waals surface area (Å²) in [7, 11) is 0. The molecule has 3 heterocycles. The van der Waals surface area contributed by atoms with Crippen molar-refractivity contribution in [3.63, 3.8) is 0 Å². The van der Waals surface area contributed by atoms with Gasteiger partial charge in [-0.3, -0.25) is 4.57 Å². The number of thioether (sulfide) groups is 1. The van der Waals surface area contributed by atoms with Gasteiger partial charge in [-0.15, -0.1) is 0 Å². The molecule has 0 spiro atoms. The van der Waals surface area contributed by atoms with Crippen molar-refractivity contribution in [1.29, 1.82) is 0 Å². The smallest absolute Gasteiger partial charge is 0.232 e. The van der Waals surface area contributed by atoms with E-state index in [2.05, 4.69) is 37.5 Å². The van der Waals surface area contributed by atoms with E-state index in [1.54, 1.807) is 11.8 Å². The lowest BCUT2D eigenvalue weighted by Crippen LogP contribution is -2.31. The largest absolute Gasteiger partial charge is 0.442 e. The summed E-state index contributed by atoms with van der Waals surface area (Å²) in [6, 6.07) is 10.2. The molecular formula is C20H22N2O2S2. The lowest BCUT2D eigenvalue weighted by Gasteiger charge is -2.28. The van der Waals surface area contributed by atoms with Crippen LogP contribution in [0.1, 0.15) is 38.5 Å². The van der Waals surface area contributed by atoms with E-state index in [1.807, 2.05) is 18.2 Å². The molecule has 0 unspecified atom stereocenters. The highest BCUT2D eigenvalue weighted by molar-refractivity contribution is 7.99. The Morgan fingerprint density at radius 1 is 1.27 bits per heavy atom. The number of benzene rings is 1. The second-order valence-electron chi connectivity index (χ2n) is 7.13. The molecule has 4 nitrogen and oxygen atoms in total. The molecule has 0 radical (unpaired) electrons. The van der Waals surface area contributed by atoms with E-state index in [4.69, 9.17) is 26.4 Å². The first-order chi connectivity index (χ1) is 12.5. The van der Waals surface area contributed by atoms with Crippen LogP contribution in [0.4, 0.5) is 0 Å². The molecule has 3 aromatic rings. The number of hydrogen-bond acceptors (Lipinski definition) is 5. The van der Waals surface area contributed by atoms with Crippen LogP contribution in [0.2, 0.25) is 0 Å². The van der Waals surface area contributed by atoms with E-state index < -0.39 is 0 Å². The molecular weight excluding hydrogens is 364 g/mol. The standard InChI is InChI=1S/C20H22N2O2S2/c1-4-10-26-19-21-17-16(14-12-23-20(2,3)11-15(14)24-17)18(25)22(19)13-8-6-5-7-9-13/h5-9H,4,10-12H2,1-3H3. The number of para-hydroxylation sites is 1. The van der Waals surface area contributed by atoms with Crippen molar-refractivity contribution >= 4 is 35.1 Å².